The fourth-order valence-corrected chi connectivity index (χ4v) is 4.39. The van der Waals surface area contributed by atoms with Crippen LogP contribution in [0.5, 0.6) is 0 Å². The lowest BCUT2D eigenvalue weighted by atomic mass is 9.95. The minimum Gasteiger partial charge on any atom is -0.388 e. The van der Waals surface area contributed by atoms with Crippen molar-refractivity contribution in [3.8, 4) is 0 Å². The van der Waals surface area contributed by atoms with Crippen LogP contribution in [0, 0.1) is 11.8 Å². The Balaban J connectivity index is 0.000000258. The fourth-order valence-electron chi connectivity index (χ4n) is 4.39. The van der Waals surface area contributed by atoms with Gasteiger partial charge in [-0.2, -0.15) is 0 Å². The van der Waals surface area contributed by atoms with Crippen LogP contribution in [-0.2, 0) is 0 Å². The SMILES string of the molecule is CC.CC.O[C@@H](c1ccccc1)C1CCCC1.O[C@@H](c1ccccc1)C1CCCC1. The van der Waals surface area contributed by atoms with Gasteiger partial charge in [-0.05, 0) is 48.6 Å². The van der Waals surface area contributed by atoms with Crippen molar-refractivity contribution in [3.63, 3.8) is 0 Å². The molecule has 2 aromatic carbocycles. The molecule has 2 N–H and O–H groups in total. The average Bonchev–Trinajstić information content (AvgIpc) is 3.57. The number of aliphatic hydroxyl groups excluding tert-OH is 2. The molecule has 0 bridgehead atoms. The van der Waals surface area contributed by atoms with Crippen LogP contribution < -0.4 is 0 Å². The second-order valence-corrected chi connectivity index (χ2v) is 7.80. The highest BCUT2D eigenvalue weighted by Gasteiger charge is 2.24. The topological polar surface area (TPSA) is 40.5 Å². The predicted octanol–water partition coefficient (Wildman–Crippen LogP) is 7.87. The van der Waals surface area contributed by atoms with Crippen LogP contribution >= 0.6 is 0 Å². The molecule has 2 aromatic rings. The van der Waals surface area contributed by atoms with Crippen LogP contribution in [-0.4, -0.2) is 10.2 Å². The Hall–Kier alpha value is -1.64. The Morgan fingerprint density at radius 3 is 1.07 bits per heavy atom. The zero-order valence-electron chi connectivity index (χ0n) is 19.6. The summed E-state index contributed by atoms with van der Waals surface area (Å²) < 4.78 is 0. The van der Waals surface area contributed by atoms with Gasteiger partial charge in [0.15, 0.2) is 0 Å². The van der Waals surface area contributed by atoms with E-state index in [2.05, 4.69) is 0 Å². The second-order valence-electron chi connectivity index (χ2n) is 7.80. The van der Waals surface area contributed by atoms with Crippen LogP contribution in [0.3, 0.4) is 0 Å². The quantitative estimate of drug-likeness (QED) is 0.536. The van der Waals surface area contributed by atoms with E-state index in [1.54, 1.807) is 0 Å². The Labute approximate surface area is 185 Å². The smallest absolute Gasteiger partial charge is 0.0818 e. The van der Waals surface area contributed by atoms with E-state index in [0.29, 0.717) is 11.8 Å². The minimum absolute atomic E-state index is 0.233. The molecule has 2 aliphatic carbocycles. The summed E-state index contributed by atoms with van der Waals surface area (Å²) in [5.74, 6) is 1.00. The summed E-state index contributed by atoms with van der Waals surface area (Å²) >= 11 is 0. The molecule has 2 fully saturated rings. The van der Waals surface area contributed by atoms with E-state index in [4.69, 9.17) is 0 Å². The largest absolute Gasteiger partial charge is 0.388 e. The van der Waals surface area contributed by atoms with Gasteiger partial charge in [-0.1, -0.05) is 114 Å². The molecule has 0 aromatic heterocycles. The molecule has 2 aliphatic rings. The molecule has 2 heteroatoms. The first kappa shape index (κ1) is 26.4. The van der Waals surface area contributed by atoms with Crippen LogP contribution in [0.4, 0.5) is 0 Å². The number of hydrogen-bond acceptors (Lipinski definition) is 2. The van der Waals surface area contributed by atoms with Gasteiger partial charge in [-0.15, -0.1) is 0 Å². The Morgan fingerprint density at radius 1 is 0.533 bits per heavy atom. The predicted molar refractivity (Wildman–Crippen MR) is 129 cm³/mol. The molecule has 0 heterocycles. The number of hydrogen-bond donors (Lipinski definition) is 2. The van der Waals surface area contributed by atoms with Gasteiger partial charge < -0.3 is 10.2 Å². The van der Waals surface area contributed by atoms with Crippen LogP contribution in [0.25, 0.3) is 0 Å². The van der Waals surface area contributed by atoms with Gasteiger partial charge in [0, 0.05) is 0 Å². The van der Waals surface area contributed by atoms with E-state index in [1.807, 2.05) is 88.4 Å². The van der Waals surface area contributed by atoms with E-state index in [-0.39, 0.29) is 12.2 Å². The monoisotopic (exact) mass is 412 g/mol. The zero-order valence-corrected chi connectivity index (χ0v) is 19.6. The zero-order chi connectivity index (χ0) is 22.2. The molecule has 168 valence electrons. The lowest BCUT2D eigenvalue weighted by Gasteiger charge is -2.17. The Morgan fingerprint density at radius 2 is 0.800 bits per heavy atom. The summed E-state index contributed by atoms with van der Waals surface area (Å²) in [6.45, 7) is 8.00. The maximum atomic E-state index is 10.0. The van der Waals surface area contributed by atoms with Gasteiger partial charge in [-0.25, -0.2) is 0 Å². The molecule has 0 spiro atoms. The van der Waals surface area contributed by atoms with Crippen LogP contribution in [0.15, 0.2) is 60.7 Å². The van der Waals surface area contributed by atoms with Crippen molar-refractivity contribution in [2.75, 3.05) is 0 Å². The van der Waals surface area contributed by atoms with Crippen molar-refractivity contribution in [1.29, 1.82) is 0 Å². The molecule has 0 unspecified atom stereocenters. The van der Waals surface area contributed by atoms with Gasteiger partial charge in [0.1, 0.15) is 0 Å². The third kappa shape index (κ3) is 8.62. The van der Waals surface area contributed by atoms with Crippen LogP contribution in [0.2, 0.25) is 0 Å². The van der Waals surface area contributed by atoms with Crippen LogP contribution in [0.1, 0.15) is 102 Å². The van der Waals surface area contributed by atoms with Crippen molar-refractivity contribution >= 4 is 0 Å². The van der Waals surface area contributed by atoms with E-state index in [1.165, 1.54) is 51.4 Å². The van der Waals surface area contributed by atoms with Gasteiger partial charge in [0.2, 0.25) is 0 Å². The van der Waals surface area contributed by atoms with E-state index >= 15 is 0 Å². The van der Waals surface area contributed by atoms with E-state index in [0.717, 1.165) is 11.1 Å². The molecule has 0 amide bonds. The maximum absolute atomic E-state index is 10.0. The van der Waals surface area contributed by atoms with Crippen molar-refractivity contribution in [2.24, 2.45) is 11.8 Å². The van der Waals surface area contributed by atoms with Crippen molar-refractivity contribution in [1.82, 2.24) is 0 Å². The highest BCUT2D eigenvalue weighted by Crippen LogP contribution is 2.36. The first-order chi connectivity index (χ1) is 14.8. The summed E-state index contributed by atoms with van der Waals surface area (Å²) in [5, 5.41) is 20.0. The summed E-state index contributed by atoms with van der Waals surface area (Å²) in [4.78, 5) is 0. The molecule has 2 saturated carbocycles. The highest BCUT2D eigenvalue weighted by atomic mass is 16.3. The third-order valence-electron chi connectivity index (χ3n) is 5.97. The Bertz CT molecular complexity index is 556. The highest BCUT2D eigenvalue weighted by molar-refractivity contribution is 5.19. The minimum atomic E-state index is -0.233. The molecule has 0 saturated heterocycles. The second kappa shape index (κ2) is 16.1. The molecular weight excluding hydrogens is 368 g/mol. The van der Waals surface area contributed by atoms with Gasteiger partial charge in [0.25, 0.3) is 0 Å². The van der Waals surface area contributed by atoms with E-state index in [9.17, 15) is 10.2 Å². The van der Waals surface area contributed by atoms with Gasteiger partial charge in [-0.3, -0.25) is 0 Å². The van der Waals surface area contributed by atoms with Crippen molar-refractivity contribution in [2.45, 2.75) is 91.3 Å². The number of benzene rings is 2. The molecule has 2 atom stereocenters. The lowest BCUT2D eigenvalue weighted by Crippen LogP contribution is -2.08. The standard InChI is InChI=1S/2C12H16O.2C2H6/c2*13-12(11-8-4-5-9-11)10-6-2-1-3-7-10;2*1-2/h2*1-3,6-7,11-13H,4-5,8-9H2;2*1-2H3/t2*12-;;/m00../s1. The van der Waals surface area contributed by atoms with Gasteiger partial charge >= 0.3 is 0 Å². The summed E-state index contributed by atoms with van der Waals surface area (Å²) in [6.07, 6.45) is 9.44. The first-order valence-electron chi connectivity index (χ1n) is 12.2. The molecule has 2 nitrogen and oxygen atoms in total. The van der Waals surface area contributed by atoms with Crippen molar-refractivity contribution in [3.05, 3.63) is 71.8 Å². The number of aliphatic hydroxyl groups is 2. The first-order valence-corrected chi connectivity index (χ1v) is 12.2. The number of rotatable bonds is 4. The Kier molecular flexibility index (Phi) is 14.2. The molecule has 0 radical (unpaired) electrons. The summed E-state index contributed by atoms with van der Waals surface area (Å²) in [5.41, 5.74) is 2.16. The lowest BCUT2D eigenvalue weighted by molar-refractivity contribution is 0.111. The molecular formula is C28H44O2. The van der Waals surface area contributed by atoms with Crippen molar-refractivity contribution < 1.29 is 10.2 Å². The third-order valence-corrected chi connectivity index (χ3v) is 5.97. The molecule has 30 heavy (non-hydrogen) atoms. The fraction of sp³-hybridized carbons (Fsp3) is 0.571. The maximum Gasteiger partial charge on any atom is 0.0818 e. The normalized spacial score (nSPS) is 18.1. The molecule has 0 aliphatic heterocycles. The van der Waals surface area contributed by atoms with Gasteiger partial charge in [0.05, 0.1) is 12.2 Å². The summed E-state index contributed by atoms with van der Waals surface area (Å²) in [7, 11) is 0. The average molecular weight is 413 g/mol. The van der Waals surface area contributed by atoms with E-state index < -0.39 is 0 Å². The molecule has 4 rings (SSSR count). The summed E-state index contributed by atoms with van der Waals surface area (Å²) in [6, 6.07) is 20.0.